The van der Waals surface area contributed by atoms with Gasteiger partial charge in [-0.15, -0.1) is 0 Å². The zero-order valence-electron chi connectivity index (χ0n) is 23.1. The fourth-order valence-electron chi connectivity index (χ4n) is 4.80. The topological polar surface area (TPSA) is 73.3 Å². The molecule has 1 amide bonds. The number of likely N-dealkylation sites (tertiary alicyclic amines) is 1. The van der Waals surface area contributed by atoms with Gasteiger partial charge in [-0.05, 0) is 95.7 Å². The van der Waals surface area contributed by atoms with E-state index in [2.05, 4.69) is 23.6 Å². The van der Waals surface area contributed by atoms with Gasteiger partial charge in [-0.3, -0.25) is 9.59 Å². The first-order valence-corrected chi connectivity index (χ1v) is 13.2. The molecule has 7 heteroatoms. The summed E-state index contributed by atoms with van der Waals surface area (Å²) in [5, 5.41) is 11.4. The molecule has 0 bridgehead atoms. The third kappa shape index (κ3) is 6.34. The van der Waals surface area contributed by atoms with Crippen LogP contribution in [0.15, 0.2) is 48.0 Å². The molecule has 3 rings (SSSR count). The summed E-state index contributed by atoms with van der Waals surface area (Å²) in [5.41, 5.74) is 3.38. The summed E-state index contributed by atoms with van der Waals surface area (Å²) in [4.78, 5) is 32.4. The Hall–Kier alpha value is -3.32. The number of carbonyl (C=O) groups excluding carboxylic acids is 2. The molecule has 1 heterocycles. The Morgan fingerprint density at radius 3 is 2.27 bits per heavy atom. The van der Waals surface area contributed by atoms with Crippen LogP contribution in [0.5, 0.6) is 5.75 Å². The van der Waals surface area contributed by atoms with E-state index in [-0.39, 0.29) is 11.3 Å². The van der Waals surface area contributed by atoms with Gasteiger partial charge in [0.25, 0.3) is 11.7 Å². The second-order valence-corrected chi connectivity index (χ2v) is 9.74. The zero-order valence-corrected chi connectivity index (χ0v) is 23.1. The highest BCUT2D eigenvalue weighted by molar-refractivity contribution is 6.46. The Labute approximate surface area is 221 Å². The third-order valence-electron chi connectivity index (χ3n) is 6.79. The molecule has 1 aliphatic rings. The second-order valence-electron chi connectivity index (χ2n) is 9.74. The number of aliphatic hydroxyl groups excluding tert-OH is 1. The Morgan fingerprint density at radius 2 is 1.70 bits per heavy atom. The average Bonchev–Trinajstić information content (AvgIpc) is 3.13. The van der Waals surface area contributed by atoms with Crippen LogP contribution < -0.4 is 9.64 Å². The van der Waals surface area contributed by atoms with Gasteiger partial charge in [0.15, 0.2) is 0 Å². The molecule has 1 N–H and O–H groups in total. The van der Waals surface area contributed by atoms with Crippen LogP contribution in [0.2, 0.25) is 0 Å². The van der Waals surface area contributed by atoms with Gasteiger partial charge in [-0.2, -0.15) is 0 Å². The minimum Gasteiger partial charge on any atom is -0.507 e. The van der Waals surface area contributed by atoms with Crippen molar-refractivity contribution < 1.29 is 19.4 Å². The van der Waals surface area contributed by atoms with Crippen molar-refractivity contribution in [2.75, 3.05) is 51.8 Å². The Morgan fingerprint density at radius 1 is 1.03 bits per heavy atom. The van der Waals surface area contributed by atoms with Crippen LogP contribution in [0.4, 0.5) is 5.69 Å². The minimum atomic E-state index is -0.649. The van der Waals surface area contributed by atoms with Crippen molar-refractivity contribution >= 4 is 23.1 Å². The zero-order chi connectivity index (χ0) is 27.1. The normalized spacial score (nSPS) is 17.1. The number of carbonyl (C=O) groups is 2. The molecule has 0 spiro atoms. The Bertz CT molecular complexity index is 1120. The first-order valence-electron chi connectivity index (χ1n) is 13.2. The van der Waals surface area contributed by atoms with Crippen LogP contribution >= 0.6 is 0 Å². The van der Waals surface area contributed by atoms with Crippen molar-refractivity contribution in [1.29, 1.82) is 0 Å². The monoisotopic (exact) mass is 507 g/mol. The van der Waals surface area contributed by atoms with Crippen LogP contribution in [0.3, 0.4) is 0 Å². The number of Topliss-reactive ketones (excluding diaryl/α,β-unsaturated/α-hetero) is 1. The molecule has 1 atom stereocenters. The van der Waals surface area contributed by atoms with Gasteiger partial charge in [-0.25, -0.2) is 0 Å². The molecule has 7 nitrogen and oxygen atoms in total. The van der Waals surface area contributed by atoms with E-state index in [9.17, 15) is 14.7 Å². The van der Waals surface area contributed by atoms with Crippen molar-refractivity contribution in [2.45, 2.75) is 46.6 Å². The molecule has 1 aliphatic heterocycles. The fourth-order valence-corrected chi connectivity index (χ4v) is 4.80. The van der Waals surface area contributed by atoms with Gasteiger partial charge in [0.2, 0.25) is 0 Å². The van der Waals surface area contributed by atoms with Crippen molar-refractivity contribution in [3.63, 3.8) is 0 Å². The van der Waals surface area contributed by atoms with Crippen LogP contribution in [0.25, 0.3) is 5.76 Å². The molecule has 200 valence electrons. The molecular weight excluding hydrogens is 466 g/mol. The standard InChI is InChI=1S/C30H41N3O4/c1-7-19-37-25-16-13-23(20-21(25)4)28(34)26-27(22-11-14-24(15-12-22)32(8-2)9-3)33(30(36)29(26)35)18-10-17-31(5)6/h11-16,20,27,34H,7-10,17-19H2,1-6H3/b28-26-. The number of anilines is 1. The van der Waals surface area contributed by atoms with Crippen molar-refractivity contribution in [1.82, 2.24) is 9.80 Å². The largest absolute Gasteiger partial charge is 0.507 e. The van der Waals surface area contributed by atoms with Crippen LogP contribution in [-0.2, 0) is 9.59 Å². The maximum atomic E-state index is 13.3. The number of ketones is 1. The number of rotatable bonds is 12. The number of aliphatic hydroxyl groups is 1. The number of nitrogens with zero attached hydrogens (tertiary/aromatic N) is 3. The van der Waals surface area contributed by atoms with Crippen molar-refractivity contribution in [2.24, 2.45) is 0 Å². The van der Waals surface area contributed by atoms with E-state index < -0.39 is 17.7 Å². The highest BCUT2D eigenvalue weighted by atomic mass is 16.5. The number of benzene rings is 2. The quantitative estimate of drug-likeness (QED) is 0.248. The van der Waals surface area contributed by atoms with E-state index in [1.165, 1.54) is 0 Å². The van der Waals surface area contributed by atoms with Crippen LogP contribution in [-0.4, -0.2) is 73.5 Å². The summed E-state index contributed by atoms with van der Waals surface area (Å²) >= 11 is 0. The minimum absolute atomic E-state index is 0.132. The number of hydrogen-bond acceptors (Lipinski definition) is 6. The molecule has 0 aliphatic carbocycles. The van der Waals surface area contributed by atoms with Gasteiger partial charge in [-0.1, -0.05) is 19.1 Å². The highest BCUT2D eigenvalue weighted by Crippen LogP contribution is 2.40. The molecular formula is C30H41N3O4. The molecule has 0 radical (unpaired) electrons. The number of aryl methyl sites for hydroxylation is 1. The van der Waals surface area contributed by atoms with E-state index in [1.807, 2.05) is 52.2 Å². The van der Waals surface area contributed by atoms with E-state index in [0.717, 1.165) is 55.0 Å². The summed E-state index contributed by atoms with van der Waals surface area (Å²) in [7, 11) is 3.96. The van der Waals surface area contributed by atoms with E-state index in [4.69, 9.17) is 4.74 Å². The van der Waals surface area contributed by atoms with Crippen LogP contribution in [0.1, 0.15) is 56.3 Å². The lowest BCUT2D eigenvalue weighted by Crippen LogP contribution is -2.32. The average molecular weight is 508 g/mol. The molecule has 1 fully saturated rings. The SMILES string of the molecule is CCCOc1ccc(/C(O)=C2/C(=O)C(=O)N(CCCN(C)C)C2c2ccc(N(CC)CC)cc2)cc1C. The lowest BCUT2D eigenvalue weighted by molar-refractivity contribution is -0.139. The maximum Gasteiger partial charge on any atom is 0.295 e. The number of ether oxygens (including phenoxy) is 1. The molecule has 0 aromatic heterocycles. The van der Waals surface area contributed by atoms with Crippen molar-refractivity contribution in [3.05, 3.63) is 64.7 Å². The molecule has 2 aromatic carbocycles. The summed E-state index contributed by atoms with van der Waals surface area (Å²) < 4.78 is 5.77. The fraction of sp³-hybridized carbons (Fsp3) is 0.467. The lowest BCUT2D eigenvalue weighted by atomic mass is 9.94. The number of amides is 1. The molecule has 1 unspecified atom stereocenters. The summed E-state index contributed by atoms with van der Waals surface area (Å²) in [6.07, 6.45) is 1.61. The summed E-state index contributed by atoms with van der Waals surface area (Å²) in [6.45, 7) is 11.8. The van der Waals surface area contributed by atoms with E-state index >= 15 is 0 Å². The Balaban J connectivity index is 2.06. The van der Waals surface area contributed by atoms with Gasteiger partial charge in [0.1, 0.15) is 11.5 Å². The highest BCUT2D eigenvalue weighted by Gasteiger charge is 2.45. The first-order chi connectivity index (χ1) is 17.7. The summed E-state index contributed by atoms with van der Waals surface area (Å²) in [6, 6.07) is 12.7. The predicted octanol–water partition coefficient (Wildman–Crippen LogP) is 5.00. The molecule has 2 aromatic rings. The van der Waals surface area contributed by atoms with E-state index in [1.54, 1.807) is 23.1 Å². The summed E-state index contributed by atoms with van der Waals surface area (Å²) in [5.74, 6) is -0.635. The smallest absolute Gasteiger partial charge is 0.295 e. The second kappa shape index (κ2) is 12.8. The van der Waals surface area contributed by atoms with Gasteiger partial charge in [0.05, 0.1) is 18.2 Å². The van der Waals surface area contributed by atoms with Gasteiger partial charge < -0.3 is 24.5 Å². The first kappa shape index (κ1) is 28.3. The van der Waals surface area contributed by atoms with E-state index in [0.29, 0.717) is 18.7 Å². The van der Waals surface area contributed by atoms with Crippen molar-refractivity contribution in [3.8, 4) is 5.75 Å². The molecule has 1 saturated heterocycles. The van der Waals surface area contributed by atoms with Crippen LogP contribution in [0, 0.1) is 6.92 Å². The lowest BCUT2D eigenvalue weighted by Gasteiger charge is -2.27. The third-order valence-corrected chi connectivity index (χ3v) is 6.79. The maximum absolute atomic E-state index is 13.3. The van der Waals surface area contributed by atoms with Gasteiger partial charge >= 0.3 is 0 Å². The molecule has 37 heavy (non-hydrogen) atoms. The molecule has 0 saturated carbocycles. The van der Waals surface area contributed by atoms with Gasteiger partial charge in [0, 0.05) is 30.9 Å². The number of hydrogen-bond donors (Lipinski definition) is 1. The predicted molar refractivity (Wildman–Crippen MR) is 149 cm³/mol. The Kier molecular flexibility index (Phi) is 9.75.